The summed E-state index contributed by atoms with van der Waals surface area (Å²) in [5, 5.41) is 8.89. The molecule has 0 bridgehead atoms. The molecule has 12 heavy (non-hydrogen) atoms. The Labute approximate surface area is 67.7 Å². The fraction of sp³-hybridized carbons (Fsp3) is 0.200. The predicted molar refractivity (Wildman–Crippen MR) is 38.6 cm³/mol. The van der Waals surface area contributed by atoms with Crippen molar-refractivity contribution < 1.29 is 9.59 Å². The van der Waals surface area contributed by atoms with Crippen molar-refractivity contribution in [3.8, 4) is 0 Å². The first-order valence-corrected chi connectivity index (χ1v) is 3.13. The van der Waals surface area contributed by atoms with Crippen LogP contribution in [0, 0.1) is 0 Å². The van der Waals surface area contributed by atoms with Crippen molar-refractivity contribution in [2.45, 2.75) is 6.92 Å². The van der Waals surface area contributed by atoms with Crippen molar-refractivity contribution in [2.24, 2.45) is 0 Å². The fourth-order valence-electron chi connectivity index (χ4n) is 0.560. The van der Waals surface area contributed by atoms with Gasteiger partial charge in [-0.3, -0.25) is 10.1 Å². The zero-order chi connectivity index (χ0) is 8.97. The first kappa shape index (κ1) is 8.18. The summed E-state index contributed by atoms with van der Waals surface area (Å²) in [5.41, 5.74) is 2.23. The van der Waals surface area contributed by atoms with E-state index in [0.717, 1.165) is 4.79 Å². The Balaban J connectivity index is 2.42. The molecule has 2 N–H and O–H groups in total. The lowest BCUT2D eigenvalue weighted by Crippen LogP contribution is -2.37. The number of carbonyl (C=O) groups excluding carboxylic acids is 2. The van der Waals surface area contributed by atoms with Gasteiger partial charge in [-0.05, 0) is 5.21 Å². The van der Waals surface area contributed by atoms with Crippen molar-refractivity contribution in [2.75, 3.05) is 5.43 Å². The Morgan fingerprint density at radius 2 is 2.25 bits per heavy atom. The van der Waals surface area contributed by atoms with E-state index in [9.17, 15) is 9.59 Å². The van der Waals surface area contributed by atoms with Crippen molar-refractivity contribution in [1.82, 2.24) is 20.4 Å². The van der Waals surface area contributed by atoms with Gasteiger partial charge < -0.3 is 0 Å². The average Bonchev–Trinajstić information content (AvgIpc) is 2.37. The van der Waals surface area contributed by atoms with E-state index in [-0.39, 0.29) is 0 Å². The monoisotopic (exact) mass is 169 g/mol. The summed E-state index contributed by atoms with van der Waals surface area (Å²) < 4.78 is 0. The zero-order valence-corrected chi connectivity index (χ0v) is 6.31. The second-order valence-electron chi connectivity index (χ2n) is 1.97. The van der Waals surface area contributed by atoms with E-state index >= 15 is 0 Å². The molecule has 0 aliphatic heterocycles. The molecular weight excluding hydrogens is 162 g/mol. The second-order valence-corrected chi connectivity index (χ2v) is 1.97. The summed E-state index contributed by atoms with van der Waals surface area (Å²) in [6.07, 6.45) is 2.83. The summed E-state index contributed by atoms with van der Waals surface area (Å²) in [7, 11) is 0. The Bertz CT molecular complexity index is 280. The SMILES string of the molecule is CC(=O)NC(=O)Nn1ccnn1. The Kier molecular flexibility index (Phi) is 2.36. The highest BCUT2D eigenvalue weighted by atomic mass is 16.2. The van der Waals surface area contributed by atoms with Crippen LogP contribution >= 0.6 is 0 Å². The molecule has 0 unspecified atom stereocenters. The molecule has 7 heteroatoms. The van der Waals surface area contributed by atoms with Crippen LogP contribution in [0.5, 0.6) is 0 Å². The Hall–Kier alpha value is -1.92. The van der Waals surface area contributed by atoms with E-state index in [2.05, 4.69) is 15.7 Å². The number of nitrogens with zero attached hydrogens (tertiary/aromatic N) is 3. The maximum Gasteiger partial charge on any atom is 0.341 e. The number of urea groups is 1. The van der Waals surface area contributed by atoms with Crippen LogP contribution in [0.25, 0.3) is 0 Å². The third-order valence-corrected chi connectivity index (χ3v) is 0.928. The normalized spacial score (nSPS) is 9.08. The van der Waals surface area contributed by atoms with Crippen LogP contribution in [0.2, 0.25) is 0 Å². The van der Waals surface area contributed by atoms with Gasteiger partial charge in [0.05, 0.1) is 12.4 Å². The number of rotatable bonds is 1. The molecule has 1 aromatic rings. The summed E-state index contributed by atoms with van der Waals surface area (Å²) in [6.45, 7) is 1.24. The van der Waals surface area contributed by atoms with Crippen molar-refractivity contribution in [3.05, 3.63) is 12.4 Å². The quantitative estimate of drug-likeness (QED) is 0.568. The number of carbonyl (C=O) groups is 2. The summed E-state index contributed by atoms with van der Waals surface area (Å²) >= 11 is 0. The van der Waals surface area contributed by atoms with Gasteiger partial charge in [0.1, 0.15) is 0 Å². The smallest absolute Gasteiger partial charge is 0.277 e. The van der Waals surface area contributed by atoms with E-state index in [4.69, 9.17) is 0 Å². The second kappa shape index (κ2) is 3.46. The number of nitrogens with one attached hydrogen (secondary N) is 2. The number of hydrogen-bond acceptors (Lipinski definition) is 4. The van der Waals surface area contributed by atoms with Gasteiger partial charge in [0, 0.05) is 6.92 Å². The van der Waals surface area contributed by atoms with Crippen LogP contribution in [0.15, 0.2) is 12.4 Å². The highest BCUT2D eigenvalue weighted by Crippen LogP contribution is 1.74. The molecule has 0 fully saturated rings. The lowest BCUT2D eigenvalue weighted by Gasteiger charge is -2.01. The molecule has 0 aliphatic carbocycles. The topological polar surface area (TPSA) is 88.9 Å². The molecule has 3 amide bonds. The van der Waals surface area contributed by atoms with Crippen molar-refractivity contribution in [3.63, 3.8) is 0 Å². The minimum absolute atomic E-state index is 0.437. The van der Waals surface area contributed by atoms with Gasteiger partial charge in [-0.25, -0.2) is 10.2 Å². The van der Waals surface area contributed by atoms with Gasteiger partial charge in [0.2, 0.25) is 5.91 Å². The van der Waals surface area contributed by atoms with Gasteiger partial charge in [-0.2, -0.15) is 4.79 Å². The molecule has 64 valence electrons. The molecule has 0 saturated heterocycles. The van der Waals surface area contributed by atoms with E-state index < -0.39 is 11.9 Å². The van der Waals surface area contributed by atoms with Gasteiger partial charge >= 0.3 is 6.03 Å². The van der Waals surface area contributed by atoms with Crippen LogP contribution in [-0.2, 0) is 4.79 Å². The molecule has 0 aliphatic rings. The molecule has 0 aromatic carbocycles. The summed E-state index contributed by atoms with van der Waals surface area (Å²) in [5.74, 6) is -0.437. The average molecular weight is 169 g/mol. The first-order chi connectivity index (χ1) is 5.68. The van der Waals surface area contributed by atoms with E-state index in [1.807, 2.05) is 5.32 Å². The summed E-state index contributed by atoms with van der Waals surface area (Å²) in [4.78, 5) is 22.2. The molecule has 0 radical (unpaired) electrons. The molecule has 0 saturated carbocycles. The summed E-state index contributed by atoms with van der Waals surface area (Å²) in [6, 6.07) is -0.645. The predicted octanol–water partition coefficient (Wildman–Crippen LogP) is -0.922. The van der Waals surface area contributed by atoms with Crippen LogP contribution < -0.4 is 10.7 Å². The van der Waals surface area contributed by atoms with Crippen LogP contribution in [-0.4, -0.2) is 27.0 Å². The number of aromatic nitrogens is 3. The fourth-order valence-corrected chi connectivity index (χ4v) is 0.560. The molecule has 0 spiro atoms. The van der Waals surface area contributed by atoms with Crippen LogP contribution in [0.1, 0.15) is 6.92 Å². The van der Waals surface area contributed by atoms with E-state index in [1.165, 1.54) is 19.3 Å². The van der Waals surface area contributed by atoms with Gasteiger partial charge in [0.15, 0.2) is 0 Å². The third-order valence-electron chi connectivity index (χ3n) is 0.928. The van der Waals surface area contributed by atoms with Crippen LogP contribution in [0.3, 0.4) is 0 Å². The van der Waals surface area contributed by atoms with Gasteiger partial charge in [0.25, 0.3) is 0 Å². The Morgan fingerprint density at radius 3 is 2.75 bits per heavy atom. The maximum atomic E-state index is 10.8. The standard InChI is InChI=1S/C5H7N5O2/c1-4(11)7-5(12)8-10-3-2-6-9-10/h2-3H,1H3,(H2,7,8,11,12). The molecule has 0 atom stereocenters. The first-order valence-electron chi connectivity index (χ1n) is 3.13. The third kappa shape index (κ3) is 2.37. The zero-order valence-electron chi connectivity index (χ0n) is 6.31. The van der Waals surface area contributed by atoms with Crippen LogP contribution in [0.4, 0.5) is 4.79 Å². The highest BCUT2D eigenvalue weighted by Gasteiger charge is 2.01. The minimum atomic E-state index is -0.645. The molecule has 1 heterocycles. The minimum Gasteiger partial charge on any atom is -0.277 e. The van der Waals surface area contributed by atoms with E-state index in [1.54, 1.807) is 0 Å². The molecule has 7 nitrogen and oxygen atoms in total. The number of amides is 3. The van der Waals surface area contributed by atoms with Gasteiger partial charge in [-0.1, -0.05) is 0 Å². The number of hydrogen-bond donors (Lipinski definition) is 2. The maximum absolute atomic E-state index is 10.8. The van der Waals surface area contributed by atoms with Crippen molar-refractivity contribution in [1.29, 1.82) is 0 Å². The Morgan fingerprint density at radius 1 is 1.50 bits per heavy atom. The lowest BCUT2D eigenvalue weighted by atomic mass is 10.7. The molecular formula is C5H7N5O2. The molecule has 1 rings (SSSR count). The number of imide groups is 1. The van der Waals surface area contributed by atoms with E-state index in [0.29, 0.717) is 0 Å². The lowest BCUT2D eigenvalue weighted by molar-refractivity contribution is -0.117. The van der Waals surface area contributed by atoms with Gasteiger partial charge in [-0.15, -0.1) is 5.10 Å². The van der Waals surface area contributed by atoms with Crippen molar-refractivity contribution >= 4 is 11.9 Å². The molecule has 1 aromatic heterocycles. The largest absolute Gasteiger partial charge is 0.341 e. The highest BCUT2D eigenvalue weighted by molar-refractivity contribution is 5.96.